The molecule has 1 aromatic heterocycles. The molecular formula is C12H9ClN4O3S. The summed E-state index contributed by atoms with van der Waals surface area (Å²) in [6.45, 7) is 0.848. The molecule has 108 valence electrons. The molecule has 0 aliphatic carbocycles. The third kappa shape index (κ3) is 2.96. The lowest BCUT2D eigenvalue weighted by Crippen LogP contribution is -2.23. The minimum absolute atomic E-state index is 0.172. The first-order chi connectivity index (χ1) is 10.1. The standard InChI is InChI=1S/C12H9ClN4O3S/c13-11-16-15-10(21-11)9(18)14-7-2-1-3-8(6-7)17-4-5-20-12(17)19/h1-3,6H,4-5H2,(H,14,18). The fraction of sp³-hybridized carbons (Fsp3) is 0.167. The Morgan fingerprint density at radius 1 is 1.43 bits per heavy atom. The van der Waals surface area contributed by atoms with E-state index >= 15 is 0 Å². The zero-order valence-corrected chi connectivity index (χ0v) is 12.1. The lowest BCUT2D eigenvalue weighted by atomic mass is 10.2. The predicted octanol–water partition coefficient (Wildman–Crippen LogP) is 2.40. The van der Waals surface area contributed by atoms with Gasteiger partial charge < -0.3 is 10.1 Å². The number of hydrogen-bond donors (Lipinski definition) is 1. The highest BCUT2D eigenvalue weighted by Crippen LogP contribution is 2.23. The number of ether oxygens (including phenoxy) is 1. The van der Waals surface area contributed by atoms with Crippen LogP contribution in [0.15, 0.2) is 24.3 Å². The molecule has 3 rings (SSSR count). The minimum Gasteiger partial charge on any atom is -0.447 e. The van der Waals surface area contributed by atoms with Crippen LogP contribution in [-0.4, -0.2) is 35.3 Å². The molecule has 1 saturated heterocycles. The number of anilines is 2. The Hall–Kier alpha value is -2.19. The lowest BCUT2D eigenvalue weighted by molar-refractivity contribution is 0.102. The van der Waals surface area contributed by atoms with Crippen LogP contribution >= 0.6 is 22.9 Å². The van der Waals surface area contributed by atoms with Crippen LogP contribution in [0.2, 0.25) is 4.47 Å². The summed E-state index contributed by atoms with van der Waals surface area (Å²) in [6.07, 6.45) is -0.394. The Kier molecular flexibility index (Phi) is 3.72. The highest BCUT2D eigenvalue weighted by Gasteiger charge is 2.23. The number of carbonyl (C=O) groups excluding carboxylic acids is 2. The summed E-state index contributed by atoms with van der Waals surface area (Å²) in [4.78, 5) is 25.0. The molecule has 1 aliphatic rings. The largest absolute Gasteiger partial charge is 0.447 e. The van der Waals surface area contributed by atoms with Gasteiger partial charge >= 0.3 is 6.09 Å². The Balaban J connectivity index is 1.77. The second-order valence-corrected chi connectivity index (χ2v) is 5.69. The van der Waals surface area contributed by atoms with E-state index in [0.29, 0.717) is 24.5 Å². The van der Waals surface area contributed by atoms with Gasteiger partial charge in [0.05, 0.1) is 6.54 Å². The monoisotopic (exact) mass is 324 g/mol. The van der Waals surface area contributed by atoms with Gasteiger partial charge in [0.1, 0.15) is 6.61 Å². The van der Waals surface area contributed by atoms with Crippen molar-refractivity contribution >= 4 is 46.3 Å². The average molecular weight is 325 g/mol. The minimum atomic E-state index is -0.402. The van der Waals surface area contributed by atoms with Crippen molar-refractivity contribution in [3.8, 4) is 0 Å². The zero-order chi connectivity index (χ0) is 14.8. The number of rotatable bonds is 3. The van der Waals surface area contributed by atoms with Gasteiger partial charge in [-0.15, -0.1) is 10.2 Å². The topological polar surface area (TPSA) is 84.4 Å². The average Bonchev–Trinajstić information content (AvgIpc) is 3.08. The van der Waals surface area contributed by atoms with Crippen LogP contribution in [0.5, 0.6) is 0 Å². The first-order valence-electron chi connectivity index (χ1n) is 5.98. The van der Waals surface area contributed by atoms with E-state index in [2.05, 4.69) is 15.5 Å². The second-order valence-electron chi connectivity index (χ2n) is 4.13. The summed E-state index contributed by atoms with van der Waals surface area (Å²) < 4.78 is 5.08. The van der Waals surface area contributed by atoms with Gasteiger partial charge in [0.25, 0.3) is 5.91 Å². The van der Waals surface area contributed by atoms with Crippen molar-refractivity contribution in [1.29, 1.82) is 0 Å². The first-order valence-corrected chi connectivity index (χ1v) is 7.17. The van der Waals surface area contributed by atoms with Gasteiger partial charge in [0.15, 0.2) is 0 Å². The summed E-state index contributed by atoms with van der Waals surface area (Å²) in [6, 6.07) is 6.91. The van der Waals surface area contributed by atoms with Crippen LogP contribution in [0.3, 0.4) is 0 Å². The van der Waals surface area contributed by atoms with E-state index in [1.165, 1.54) is 4.90 Å². The molecule has 9 heteroatoms. The number of hydrogen-bond acceptors (Lipinski definition) is 6. The molecule has 0 atom stereocenters. The van der Waals surface area contributed by atoms with Crippen molar-refractivity contribution in [2.45, 2.75) is 0 Å². The molecule has 0 radical (unpaired) electrons. The molecule has 0 unspecified atom stereocenters. The third-order valence-electron chi connectivity index (χ3n) is 2.77. The number of nitrogens with one attached hydrogen (secondary N) is 1. The molecule has 1 N–H and O–H groups in total. The molecule has 0 saturated carbocycles. The van der Waals surface area contributed by atoms with Gasteiger partial charge in [-0.3, -0.25) is 9.69 Å². The highest BCUT2D eigenvalue weighted by atomic mass is 35.5. The van der Waals surface area contributed by atoms with Gasteiger partial charge in [-0.25, -0.2) is 4.79 Å². The smallest absolute Gasteiger partial charge is 0.414 e. The van der Waals surface area contributed by atoms with Crippen LogP contribution < -0.4 is 10.2 Å². The van der Waals surface area contributed by atoms with E-state index in [4.69, 9.17) is 16.3 Å². The van der Waals surface area contributed by atoms with E-state index in [9.17, 15) is 9.59 Å². The number of benzene rings is 1. The summed E-state index contributed by atoms with van der Waals surface area (Å²) in [5.74, 6) is -0.402. The molecule has 1 aliphatic heterocycles. The third-order valence-corrected chi connectivity index (χ3v) is 3.79. The van der Waals surface area contributed by atoms with Crippen molar-refractivity contribution in [2.24, 2.45) is 0 Å². The van der Waals surface area contributed by atoms with Crippen molar-refractivity contribution in [1.82, 2.24) is 10.2 Å². The summed E-state index contributed by atoms with van der Waals surface area (Å²) in [5.41, 5.74) is 1.20. The van der Waals surface area contributed by atoms with Gasteiger partial charge in [-0.05, 0) is 29.8 Å². The highest BCUT2D eigenvalue weighted by molar-refractivity contribution is 7.17. The number of cyclic esters (lactones) is 1. The normalized spacial score (nSPS) is 14.1. The van der Waals surface area contributed by atoms with E-state index in [1.807, 2.05) is 0 Å². The van der Waals surface area contributed by atoms with Gasteiger partial charge in [-0.1, -0.05) is 17.4 Å². The van der Waals surface area contributed by atoms with Crippen LogP contribution in [-0.2, 0) is 4.74 Å². The van der Waals surface area contributed by atoms with E-state index < -0.39 is 12.0 Å². The number of amides is 2. The molecule has 2 aromatic rings. The molecule has 21 heavy (non-hydrogen) atoms. The van der Waals surface area contributed by atoms with Crippen LogP contribution in [0, 0.1) is 0 Å². The quantitative estimate of drug-likeness (QED) is 0.937. The van der Waals surface area contributed by atoms with Crippen LogP contribution in [0.25, 0.3) is 0 Å². The van der Waals surface area contributed by atoms with Crippen molar-refractivity contribution in [2.75, 3.05) is 23.4 Å². The van der Waals surface area contributed by atoms with E-state index in [-0.39, 0.29) is 9.47 Å². The molecule has 7 nitrogen and oxygen atoms in total. The molecule has 1 fully saturated rings. The van der Waals surface area contributed by atoms with Crippen molar-refractivity contribution in [3.63, 3.8) is 0 Å². The summed E-state index contributed by atoms with van der Waals surface area (Å²) >= 11 is 6.63. The summed E-state index contributed by atoms with van der Waals surface area (Å²) in [5, 5.41) is 10.1. The molecule has 2 heterocycles. The van der Waals surface area contributed by atoms with Gasteiger partial charge in [0, 0.05) is 11.4 Å². The molecule has 1 aromatic carbocycles. The Labute approximate surface area is 128 Å². The van der Waals surface area contributed by atoms with Crippen molar-refractivity contribution < 1.29 is 14.3 Å². The SMILES string of the molecule is O=C(Nc1cccc(N2CCOC2=O)c1)c1nnc(Cl)s1. The van der Waals surface area contributed by atoms with Gasteiger partial charge in [0.2, 0.25) is 9.47 Å². The zero-order valence-electron chi connectivity index (χ0n) is 10.6. The number of carbonyl (C=O) groups is 2. The number of nitrogens with zero attached hydrogens (tertiary/aromatic N) is 3. The van der Waals surface area contributed by atoms with Crippen molar-refractivity contribution in [3.05, 3.63) is 33.7 Å². The van der Waals surface area contributed by atoms with Crippen LogP contribution in [0.1, 0.15) is 9.80 Å². The number of halogens is 1. The molecular weight excluding hydrogens is 316 g/mol. The first kappa shape index (κ1) is 13.8. The number of aromatic nitrogens is 2. The summed E-state index contributed by atoms with van der Waals surface area (Å²) in [7, 11) is 0. The lowest BCUT2D eigenvalue weighted by Gasteiger charge is -2.13. The molecule has 0 bridgehead atoms. The fourth-order valence-corrected chi connectivity index (χ4v) is 2.58. The molecule has 0 spiro atoms. The maximum atomic E-state index is 12.0. The maximum Gasteiger partial charge on any atom is 0.414 e. The Morgan fingerprint density at radius 2 is 2.29 bits per heavy atom. The van der Waals surface area contributed by atoms with Crippen LogP contribution in [0.4, 0.5) is 16.2 Å². The predicted molar refractivity (Wildman–Crippen MR) is 78.0 cm³/mol. The fourth-order valence-electron chi connectivity index (χ4n) is 1.86. The van der Waals surface area contributed by atoms with E-state index in [1.54, 1.807) is 24.3 Å². The maximum absolute atomic E-state index is 12.0. The van der Waals surface area contributed by atoms with E-state index in [0.717, 1.165) is 11.3 Å². The second kappa shape index (κ2) is 5.66. The molecule has 2 amide bonds. The Bertz CT molecular complexity index is 705. The Morgan fingerprint density at radius 3 is 2.95 bits per heavy atom. The van der Waals surface area contributed by atoms with Gasteiger partial charge in [-0.2, -0.15) is 0 Å².